The van der Waals surface area contributed by atoms with Crippen LogP contribution in [-0.2, 0) is 9.59 Å². The number of ether oxygens (including phenoxy) is 4. The lowest BCUT2D eigenvalue weighted by Crippen LogP contribution is -2.37. The summed E-state index contributed by atoms with van der Waals surface area (Å²) in [5, 5.41) is 6.44. The lowest BCUT2D eigenvalue weighted by molar-refractivity contribution is -0.116. The van der Waals surface area contributed by atoms with Gasteiger partial charge in [-0.3, -0.25) is 9.59 Å². The first-order valence-electron chi connectivity index (χ1n) is 13.4. The molecule has 1 amide bonds. The van der Waals surface area contributed by atoms with Crippen molar-refractivity contribution in [3.8, 4) is 23.0 Å². The fourth-order valence-electron chi connectivity index (χ4n) is 5.68. The SMILES string of the molecule is COc1ccc(NC(=O)C2=C(C)NC3=C(C(=O)C[C@@H](c4ccc(OC)c(OC)c4)C3)[C@H]2c2ccc(OC)cc2)cc1. The molecule has 0 spiro atoms. The summed E-state index contributed by atoms with van der Waals surface area (Å²) < 4.78 is 21.5. The molecule has 1 aliphatic heterocycles. The van der Waals surface area contributed by atoms with Crippen LogP contribution in [0, 0.1) is 0 Å². The molecule has 3 aromatic carbocycles. The van der Waals surface area contributed by atoms with E-state index in [2.05, 4.69) is 10.6 Å². The summed E-state index contributed by atoms with van der Waals surface area (Å²) in [6.45, 7) is 1.88. The second kappa shape index (κ2) is 11.8. The molecule has 2 N–H and O–H groups in total. The molecule has 8 nitrogen and oxygen atoms in total. The third kappa shape index (κ3) is 5.50. The fraction of sp³-hybridized carbons (Fsp3) is 0.273. The summed E-state index contributed by atoms with van der Waals surface area (Å²) in [4.78, 5) is 27.8. The van der Waals surface area contributed by atoms with Crippen LogP contribution in [0.15, 0.2) is 89.3 Å². The Bertz CT molecular complexity index is 1520. The van der Waals surface area contributed by atoms with E-state index < -0.39 is 5.92 Å². The fourth-order valence-corrected chi connectivity index (χ4v) is 5.68. The molecule has 41 heavy (non-hydrogen) atoms. The van der Waals surface area contributed by atoms with E-state index in [9.17, 15) is 9.59 Å². The zero-order valence-corrected chi connectivity index (χ0v) is 23.9. The molecule has 3 aromatic rings. The second-order valence-electron chi connectivity index (χ2n) is 10.1. The van der Waals surface area contributed by atoms with Gasteiger partial charge in [-0.2, -0.15) is 0 Å². The molecule has 0 fully saturated rings. The maximum absolute atomic E-state index is 14.0. The quantitative estimate of drug-likeness (QED) is 0.368. The molecule has 0 radical (unpaired) electrons. The number of hydrogen-bond acceptors (Lipinski definition) is 7. The van der Waals surface area contributed by atoms with Crippen LogP contribution in [0.4, 0.5) is 5.69 Å². The molecule has 5 rings (SSSR count). The lowest BCUT2D eigenvalue weighted by Gasteiger charge is -2.37. The number of anilines is 1. The first-order valence-corrected chi connectivity index (χ1v) is 13.4. The van der Waals surface area contributed by atoms with Gasteiger partial charge in [0.2, 0.25) is 0 Å². The van der Waals surface area contributed by atoms with Crippen LogP contribution in [0.25, 0.3) is 0 Å². The van der Waals surface area contributed by atoms with Gasteiger partial charge in [0.1, 0.15) is 11.5 Å². The summed E-state index contributed by atoms with van der Waals surface area (Å²) in [6, 6.07) is 20.5. The molecule has 2 aliphatic rings. The largest absolute Gasteiger partial charge is 0.497 e. The minimum absolute atomic E-state index is 0.00148. The maximum Gasteiger partial charge on any atom is 0.254 e. The average molecular weight is 555 g/mol. The van der Waals surface area contributed by atoms with Gasteiger partial charge >= 0.3 is 0 Å². The predicted octanol–water partition coefficient (Wildman–Crippen LogP) is 5.72. The molecule has 0 saturated heterocycles. The van der Waals surface area contributed by atoms with Crippen molar-refractivity contribution in [1.29, 1.82) is 0 Å². The summed E-state index contributed by atoms with van der Waals surface area (Å²) in [5.41, 5.74) is 5.14. The van der Waals surface area contributed by atoms with Crippen LogP contribution >= 0.6 is 0 Å². The number of amides is 1. The van der Waals surface area contributed by atoms with E-state index in [1.807, 2.05) is 49.4 Å². The number of benzene rings is 3. The number of ketones is 1. The summed E-state index contributed by atoms with van der Waals surface area (Å²) in [6.07, 6.45) is 0.934. The summed E-state index contributed by atoms with van der Waals surface area (Å²) in [7, 11) is 6.40. The van der Waals surface area contributed by atoms with E-state index in [1.165, 1.54) is 0 Å². The molecule has 2 atom stereocenters. The van der Waals surface area contributed by atoms with E-state index in [1.54, 1.807) is 52.7 Å². The number of methoxy groups -OCH3 is 4. The molecular formula is C33H34N2O6. The van der Waals surface area contributed by atoms with E-state index >= 15 is 0 Å². The van der Waals surface area contributed by atoms with Crippen molar-refractivity contribution in [2.75, 3.05) is 33.8 Å². The highest BCUT2D eigenvalue weighted by Crippen LogP contribution is 2.46. The zero-order chi connectivity index (χ0) is 29.1. The van der Waals surface area contributed by atoms with E-state index in [0.29, 0.717) is 58.4 Å². The van der Waals surface area contributed by atoms with Gasteiger partial charge in [-0.1, -0.05) is 18.2 Å². The Balaban J connectivity index is 1.53. The van der Waals surface area contributed by atoms with E-state index in [4.69, 9.17) is 18.9 Å². The first kappa shape index (κ1) is 27.8. The van der Waals surface area contributed by atoms with Crippen molar-refractivity contribution in [2.45, 2.75) is 31.6 Å². The smallest absolute Gasteiger partial charge is 0.254 e. The molecule has 0 saturated carbocycles. The Hall–Kier alpha value is -4.72. The van der Waals surface area contributed by atoms with Gasteiger partial charge in [0.25, 0.3) is 5.91 Å². The topological polar surface area (TPSA) is 95.1 Å². The van der Waals surface area contributed by atoms with Gasteiger partial charge in [-0.15, -0.1) is 0 Å². The van der Waals surface area contributed by atoms with Crippen molar-refractivity contribution < 1.29 is 28.5 Å². The Labute approximate surface area is 240 Å². The van der Waals surface area contributed by atoms with Crippen LogP contribution in [0.1, 0.15) is 42.7 Å². The van der Waals surface area contributed by atoms with Crippen LogP contribution in [0.5, 0.6) is 23.0 Å². The third-order valence-electron chi connectivity index (χ3n) is 7.75. The highest BCUT2D eigenvalue weighted by atomic mass is 16.5. The molecule has 8 heteroatoms. The Morgan fingerprint density at radius 3 is 2.00 bits per heavy atom. The highest BCUT2D eigenvalue weighted by molar-refractivity contribution is 6.10. The normalized spacial score (nSPS) is 18.3. The van der Waals surface area contributed by atoms with Crippen LogP contribution in [-0.4, -0.2) is 40.1 Å². The van der Waals surface area contributed by atoms with E-state index in [0.717, 1.165) is 16.8 Å². The lowest BCUT2D eigenvalue weighted by atomic mass is 9.71. The monoisotopic (exact) mass is 554 g/mol. The molecule has 1 heterocycles. The Morgan fingerprint density at radius 2 is 1.39 bits per heavy atom. The summed E-state index contributed by atoms with van der Waals surface area (Å²) >= 11 is 0. The molecule has 0 aromatic heterocycles. The number of hydrogen-bond donors (Lipinski definition) is 2. The van der Waals surface area contributed by atoms with Crippen molar-refractivity contribution in [1.82, 2.24) is 5.32 Å². The number of allylic oxidation sites excluding steroid dienone is 3. The maximum atomic E-state index is 14.0. The Kier molecular flexibility index (Phi) is 8.01. The number of nitrogens with one attached hydrogen (secondary N) is 2. The van der Waals surface area contributed by atoms with Gasteiger partial charge in [0, 0.05) is 40.6 Å². The molecule has 212 valence electrons. The standard InChI is InChI=1S/C33H34N2O6/c1-19-30(33(37)35-23-9-13-25(39-3)14-10-23)31(20-6-11-24(38-2)12-7-20)32-26(34-19)16-22(17-27(32)36)21-8-15-28(40-4)29(18-21)41-5/h6-15,18,22,31,34H,16-17H2,1-5H3,(H,35,37)/t22-,31-/m0/s1. The highest BCUT2D eigenvalue weighted by Gasteiger charge is 2.41. The second-order valence-corrected chi connectivity index (χ2v) is 10.1. The van der Waals surface area contributed by atoms with E-state index in [-0.39, 0.29) is 17.6 Å². The molecule has 0 bridgehead atoms. The van der Waals surface area contributed by atoms with Gasteiger partial charge in [0.05, 0.1) is 28.4 Å². The number of rotatable bonds is 8. The van der Waals surface area contributed by atoms with Gasteiger partial charge in [-0.05, 0) is 78.9 Å². The van der Waals surface area contributed by atoms with Crippen molar-refractivity contribution in [2.24, 2.45) is 0 Å². The van der Waals surface area contributed by atoms with Gasteiger partial charge in [-0.25, -0.2) is 0 Å². The third-order valence-corrected chi connectivity index (χ3v) is 7.75. The average Bonchev–Trinajstić information content (AvgIpc) is 3.00. The minimum Gasteiger partial charge on any atom is -0.497 e. The predicted molar refractivity (Wildman–Crippen MR) is 157 cm³/mol. The number of dihydropyridines is 1. The minimum atomic E-state index is -0.533. The molecule has 1 aliphatic carbocycles. The van der Waals surface area contributed by atoms with Crippen molar-refractivity contribution in [3.05, 3.63) is 100 Å². The van der Waals surface area contributed by atoms with Crippen molar-refractivity contribution >= 4 is 17.4 Å². The van der Waals surface area contributed by atoms with Crippen LogP contribution in [0.3, 0.4) is 0 Å². The number of carbonyl (C=O) groups excluding carboxylic acids is 2. The van der Waals surface area contributed by atoms with Crippen molar-refractivity contribution in [3.63, 3.8) is 0 Å². The first-order chi connectivity index (χ1) is 19.9. The number of Topliss-reactive ketones (excluding diaryl/α,β-unsaturated/α-hetero) is 1. The summed E-state index contributed by atoms with van der Waals surface area (Å²) in [5.74, 6) is 1.80. The Morgan fingerprint density at radius 1 is 0.780 bits per heavy atom. The number of carbonyl (C=O) groups is 2. The molecular weight excluding hydrogens is 520 g/mol. The van der Waals surface area contributed by atoms with Gasteiger partial charge < -0.3 is 29.6 Å². The van der Waals surface area contributed by atoms with Crippen LogP contribution < -0.4 is 29.6 Å². The van der Waals surface area contributed by atoms with Gasteiger partial charge in [0.15, 0.2) is 17.3 Å². The zero-order valence-electron chi connectivity index (χ0n) is 23.9. The van der Waals surface area contributed by atoms with Crippen LogP contribution in [0.2, 0.25) is 0 Å². The molecule has 0 unspecified atom stereocenters.